The molecule has 3 rings (SSSR count). The molecule has 0 atom stereocenters. The van der Waals surface area contributed by atoms with Crippen LogP contribution in [0.25, 0.3) is 0 Å². The lowest BCUT2D eigenvalue weighted by molar-refractivity contribution is -0.140. The molecule has 8 heteroatoms. The summed E-state index contributed by atoms with van der Waals surface area (Å²) in [7, 11) is -3.70. The van der Waals surface area contributed by atoms with Crippen molar-refractivity contribution in [2.24, 2.45) is 0 Å². The van der Waals surface area contributed by atoms with E-state index < -0.39 is 21.4 Å². The van der Waals surface area contributed by atoms with Gasteiger partial charge in [0.1, 0.15) is 0 Å². The van der Waals surface area contributed by atoms with Gasteiger partial charge < -0.3 is 10.1 Å². The largest absolute Gasteiger partial charge is 0.481 e. The van der Waals surface area contributed by atoms with Gasteiger partial charge in [-0.1, -0.05) is 12.1 Å². The van der Waals surface area contributed by atoms with E-state index in [0.29, 0.717) is 24.1 Å². The van der Waals surface area contributed by atoms with Gasteiger partial charge in [0.25, 0.3) is 10.0 Å². The number of carbonyl (C=O) groups is 1. The number of nitrogens with one attached hydrogen (secondary N) is 2. The molecule has 0 saturated heterocycles. The molecule has 0 aliphatic heterocycles. The summed E-state index contributed by atoms with van der Waals surface area (Å²) >= 11 is 0. The van der Waals surface area contributed by atoms with Gasteiger partial charge in [-0.2, -0.15) is 8.42 Å². The molecule has 2 aromatic rings. The van der Waals surface area contributed by atoms with Gasteiger partial charge in [-0.05, 0) is 30.5 Å². The topological polar surface area (TPSA) is 112 Å². The van der Waals surface area contributed by atoms with E-state index in [0.717, 1.165) is 0 Å². The van der Waals surface area contributed by atoms with Crippen LogP contribution in [-0.2, 0) is 20.2 Å². The quantitative estimate of drug-likeness (QED) is 0.771. The third kappa shape index (κ3) is 2.38. The minimum Gasteiger partial charge on any atom is -0.481 e. The minimum absolute atomic E-state index is 0.0317. The SMILES string of the molecule is O=C(O)C1(c2ccc(NS(=O)(=O)c3cnc[nH]3)cc2)CC1. The highest BCUT2D eigenvalue weighted by molar-refractivity contribution is 7.92. The number of carboxylic acids is 1. The molecule has 0 bridgehead atoms. The van der Waals surface area contributed by atoms with E-state index in [4.69, 9.17) is 0 Å². The van der Waals surface area contributed by atoms with Crippen molar-refractivity contribution in [3.8, 4) is 0 Å². The summed E-state index contributed by atoms with van der Waals surface area (Å²) in [4.78, 5) is 17.4. The summed E-state index contributed by atoms with van der Waals surface area (Å²) in [6.45, 7) is 0. The number of rotatable bonds is 5. The maximum atomic E-state index is 12.0. The number of imidazole rings is 1. The van der Waals surface area contributed by atoms with Gasteiger partial charge in [0, 0.05) is 5.69 Å². The fourth-order valence-corrected chi connectivity index (χ4v) is 3.17. The lowest BCUT2D eigenvalue weighted by Gasteiger charge is -2.11. The van der Waals surface area contributed by atoms with Gasteiger partial charge in [0.05, 0.1) is 17.9 Å². The van der Waals surface area contributed by atoms with Crippen molar-refractivity contribution in [1.82, 2.24) is 9.97 Å². The number of hydrogen-bond donors (Lipinski definition) is 3. The third-order valence-electron chi connectivity index (χ3n) is 3.61. The number of nitrogens with zero attached hydrogens (tertiary/aromatic N) is 1. The number of aromatic nitrogens is 2. The van der Waals surface area contributed by atoms with Crippen LogP contribution in [0.4, 0.5) is 5.69 Å². The number of H-pyrrole nitrogens is 1. The first kappa shape index (κ1) is 13.6. The van der Waals surface area contributed by atoms with Crippen LogP contribution in [0.15, 0.2) is 41.8 Å². The number of hydrogen-bond acceptors (Lipinski definition) is 4. The van der Waals surface area contributed by atoms with Crippen molar-refractivity contribution in [1.29, 1.82) is 0 Å². The first-order chi connectivity index (χ1) is 9.94. The molecule has 1 saturated carbocycles. The highest BCUT2D eigenvalue weighted by Gasteiger charge is 2.51. The summed E-state index contributed by atoms with van der Waals surface area (Å²) < 4.78 is 26.4. The summed E-state index contributed by atoms with van der Waals surface area (Å²) in [5.41, 5.74) is 0.273. The molecule has 1 aromatic heterocycles. The van der Waals surface area contributed by atoms with Gasteiger partial charge in [-0.15, -0.1) is 0 Å². The summed E-state index contributed by atoms with van der Waals surface area (Å²) in [6, 6.07) is 6.41. The molecule has 1 aliphatic rings. The van der Waals surface area contributed by atoms with Crippen molar-refractivity contribution in [2.45, 2.75) is 23.3 Å². The third-order valence-corrected chi connectivity index (χ3v) is 4.92. The maximum absolute atomic E-state index is 12.0. The van der Waals surface area contributed by atoms with E-state index in [1.807, 2.05) is 0 Å². The van der Waals surface area contributed by atoms with Gasteiger partial charge >= 0.3 is 5.97 Å². The Balaban J connectivity index is 1.81. The zero-order valence-corrected chi connectivity index (χ0v) is 11.7. The van der Waals surface area contributed by atoms with Gasteiger partial charge in [0.2, 0.25) is 0 Å². The van der Waals surface area contributed by atoms with E-state index in [9.17, 15) is 18.3 Å². The molecule has 1 fully saturated rings. The average molecular weight is 307 g/mol. The van der Waals surface area contributed by atoms with E-state index >= 15 is 0 Å². The Kier molecular flexibility index (Phi) is 2.98. The summed E-state index contributed by atoms with van der Waals surface area (Å²) in [6.07, 6.45) is 3.71. The first-order valence-corrected chi connectivity index (χ1v) is 7.77. The van der Waals surface area contributed by atoms with E-state index in [-0.39, 0.29) is 5.03 Å². The predicted molar refractivity (Wildman–Crippen MR) is 74.4 cm³/mol. The molecule has 0 amide bonds. The molecule has 7 nitrogen and oxygen atoms in total. The maximum Gasteiger partial charge on any atom is 0.314 e. The van der Waals surface area contributed by atoms with Crippen molar-refractivity contribution >= 4 is 21.7 Å². The van der Waals surface area contributed by atoms with E-state index in [1.165, 1.54) is 12.5 Å². The number of benzene rings is 1. The molecular formula is C13H13N3O4S. The molecule has 0 unspecified atom stereocenters. The second-order valence-corrected chi connectivity index (χ2v) is 6.64. The number of aromatic amines is 1. The van der Waals surface area contributed by atoms with Crippen LogP contribution < -0.4 is 4.72 Å². The van der Waals surface area contributed by atoms with E-state index in [2.05, 4.69) is 14.7 Å². The molecule has 21 heavy (non-hydrogen) atoms. The minimum atomic E-state index is -3.70. The predicted octanol–water partition coefficient (Wildman–Crippen LogP) is 1.33. The molecule has 110 valence electrons. The first-order valence-electron chi connectivity index (χ1n) is 6.29. The number of aliphatic carboxylic acids is 1. The Morgan fingerprint density at radius 1 is 1.29 bits per heavy atom. The molecule has 1 aliphatic carbocycles. The summed E-state index contributed by atoms with van der Waals surface area (Å²) in [5, 5.41) is 9.18. The Morgan fingerprint density at radius 2 is 1.95 bits per heavy atom. The smallest absolute Gasteiger partial charge is 0.314 e. The molecule has 3 N–H and O–H groups in total. The number of carboxylic acid groups (broad SMARTS) is 1. The van der Waals surface area contributed by atoms with E-state index in [1.54, 1.807) is 24.3 Å². The highest BCUT2D eigenvalue weighted by atomic mass is 32.2. The second-order valence-electron chi connectivity index (χ2n) is 4.99. The van der Waals surface area contributed by atoms with Crippen molar-refractivity contribution in [3.63, 3.8) is 0 Å². The van der Waals surface area contributed by atoms with Crippen LogP contribution >= 0.6 is 0 Å². The standard InChI is InChI=1S/C13H13N3O4S/c17-12(18)13(5-6-13)9-1-3-10(4-2-9)16-21(19,20)11-7-14-8-15-11/h1-4,7-8,16H,5-6H2,(H,14,15)(H,17,18). The normalized spacial score (nSPS) is 16.4. The summed E-state index contributed by atoms with van der Waals surface area (Å²) in [5.74, 6) is -0.840. The van der Waals surface area contributed by atoms with Crippen LogP contribution in [-0.4, -0.2) is 29.5 Å². The Morgan fingerprint density at radius 3 is 2.43 bits per heavy atom. The van der Waals surface area contributed by atoms with Crippen LogP contribution in [0.2, 0.25) is 0 Å². The highest BCUT2D eigenvalue weighted by Crippen LogP contribution is 2.48. The average Bonchev–Trinajstić information content (AvgIpc) is 3.06. The molecule has 1 heterocycles. The molecule has 1 aromatic carbocycles. The zero-order chi connectivity index (χ0) is 15.1. The Hall–Kier alpha value is -2.35. The molecule has 0 spiro atoms. The van der Waals surface area contributed by atoms with Crippen molar-refractivity contribution in [2.75, 3.05) is 4.72 Å². The van der Waals surface area contributed by atoms with Gasteiger partial charge in [0.15, 0.2) is 5.03 Å². The lowest BCUT2D eigenvalue weighted by Crippen LogP contribution is -2.19. The van der Waals surface area contributed by atoms with Gasteiger partial charge in [-0.25, -0.2) is 4.98 Å². The molecule has 0 radical (unpaired) electrons. The van der Waals surface area contributed by atoms with Crippen LogP contribution in [0, 0.1) is 0 Å². The second kappa shape index (κ2) is 4.59. The van der Waals surface area contributed by atoms with Crippen molar-refractivity contribution < 1.29 is 18.3 Å². The van der Waals surface area contributed by atoms with Crippen LogP contribution in [0.5, 0.6) is 0 Å². The van der Waals surface area contributed by atoms with Crippen LogP contribution in [0.1, 0.15) is 18.4 Å². The van der Waals surface area contributed by atoms with Crippen LogP contribution in [0.3, 0.4) is 0 Å². The lowest BCUT2D eigenvalue weighted by atomic mass is 9.96. The monoisotopic (exact) mass is 307 g/mol. The number of sulfonamides is 1. The van der Waals surface area contributed by atoms with Crippen molar-refractivity contribution in [3.05, 3.63) is 42.4 Å². The molecular weight excluding hydrogens is 294 g/mol. The Bertz CT molecular complexity index is 762. The van der Waals surface area contributed by atoms with Gasteiger partial charge in [-0.3, -0.25) is 9.52 Å². The zero-order valence-electron chi connectivity index (χ0n) is 10.9. The fraction of sp³-hybridized carbons (Fsp3) is 0.231. The number of anilines is 1. The Labute approximate surface area is 121 Å². The fourth-order valence-electron chi connectivity index (χ4n) is 2.21.